The molecule has 0 saturated heterocycles. The first-order valence-electron chi connectivity index (χ1n) is 7.35. The van der Waals surface area contributed by atoms with Crippen LogP contribution in [0.25, 0.3) is 33.5 Å². The van der Waals surface area contributed by atoms with Gasteiger partial charge in [0.2, 0.25) is 5.89 Å². The lowest BCUT2D eigenvalue weighted by molar-refractivity contribution is 0.586. The summed E-state index contributed by atoms with van der Waals surface area (Å²) in [5.74, 6) is 1.37. The molecule has 112 valence electrons. The summed E-state index contributed by atoms with van der Waals surface area (Å²) in [6, 6.07) is 20.1. The lowest BCUT2D eigenvalue weighted by Gasteiger charge is -1.95. The minimum atomic E-state index is 0.632. The van der Waals surface area contributed by atoms with Gasteiger partial charge in [0, 0.05) is 16.5 Å². The molecule has 0 bridgehead atoms. The topological polar surface area (TPSA) is 38.9 Å². The molecule has 0 spiro atoms. The van der Waals surface area contributed by atoms with Crippen molar-refractivity contribution in [2.45, 2.75) is 6.92 Å². The van der Waals surface area contributed by atoms with E-state index in [0.717, 1.165) is 33.3 Å². The van der Waals surface area contributed by atoms with Gasteiger partial charge >= 0.3 is 0 Å². The number of oxazole rings is 1. The molecule has 3 nitrogen and oxygen atoms in total. The average Bonchev–Trinajstić information content (AvgIpc) is 3.23. The summed E-state index contributed by atoms with van der Waals surface area (Å²) in [5.41, 5.74) is 3.78. The van der Waals surface area contributed by atoms with Crippen molar-refractivity contribution < 1.29 is 4.42 Å². The molecule has 0 atom stereocenters. The Morgan fingerprint density at radius 3 is 2.17 bits per heavy atom. The van der Waals surface area contributed by atoms with Crippen molar-refractivity contribution >= 4 is 11.3 Å². The van der Waals surface area contributed by atoms with Gasteiger partial charge in [-0.1, -0.05) is 48.5 Å². The SMILES string of the molecule is Cc1nc(-c2ccccc2)oc1-c1csc(-c2ccccc2)n1. The summed E-state index contributed by atoms with van der Waals surface area (Å²) in [6.45, 7) is 1.95. The van der Waals surface area contributed by atoms with E-state index in [1.165, 1.54) is 0 Å². The molecular formula is C19H14N2OS. The molecule has 0 radical (unpaired) electrons. The molecule has 0 unspecified atom stereocenters. The van der Waals surface area contributed by atoms with Gasteiger partial charge in [-0.2, -0.15) is 0 Å². The van der Waals surface area contributed by atoms with Crippen molar-refractivity contribution in [2.75, 3.05) is 0 Å². The predicted octanol–water partition coefficient (Wildman–Crippen LogP) is 5.44. The number of nitrogens with zero attached hydrogens (tertiary/aromatic N) is 2. The maximum Gasteiger partial charge on any atom is 0.227 e. The first-order valence-corrected chi connectivity index (χ1v) is 8.23. The van der Waals surface area contributed by atoms with E-state index in [-0.39, 0.29) is 0 Å². The summed E-state index contributed by atoms with van der Waals surface area (Å²) in [4.78, 5) is 9.24. The van der Waals surface area contributed by atoms with Crippen molar-refractivity contribution in [2.24, 2.45) is 0 Å². The lowest BCUT2D eigenvalue weighted by Crippen LogP contribution is -1.80. The third-order valence-corrected chi connectivity index (χ3v) is 4.47. The lowest BCUT2D eigenvalue weighted by atomic mass is 10.2. The highest BCUT2D eigenvalue weighted by molar-refractivity contribution is 7.13. The van der Waals surface area contributed by atoms with Crippen LogP contribution in [0, 0.1) is 6.92 Å². The van der Waals surface area contributed by atoms with Crippen molar-refractivity contribution in [1.29, 1.82) is 0 Å². The summed E-state index contributed by atoms with van der Waals surface area (Å²) >= 11 is 1.61. The van der Waals surface area contributed by atoms with Crippen LogP contribution in [0.2, 0.25) is 0 Å². The Morgan fingerprint density at radius 2 is 1.48 bits per heavy atom. The van der Waals surface area contributed by atoms with Crippen LogP contribution < -0.4 is 0 Å². The Kier molecular flexibility index (Phi) is 3.52. The van der Waals surface area contributed by atoms with Gasteiger partial charge in [0.25, 0.3) is 0 Å². The highest BCUT2D eigenvalue weighted by Crippen LogP contribution is 2.33. The molecule has 0 saturated carbocycles. The van der Waals surface area contributed by atoms with E-state index >= 15 is 0 Å². The third-order valence-electron chi connectivity index (χ3n) is 3.57. The normalized spacial score (nSPS) is 10.8. The molecule has 0 aliphatic rings. The number of rotatable bonds is 3. The maximum atomic E-state index is 5.97. The monoisotopic (exact) mass is 318 g/mol. The number of benzene rings is 2. The standard InChI is InChI=1S/C19H14N2OS/c1-13-17(22-18(20-13)14-8-4-2-5-9-14)16-12-23-19(21-16)15-10-6-3-7-11-15/h2-12H,1H3. The van der Waals surface area contributed by atoms with Crippen molar-refractivity contribution in [1.82, 2.24) is 9.97 Å². The van der Waals surface area contributed by atoms with Crippen LogP contribution in [-0.4, -0.2) is 9.97 Å². The summed E-state index contributed by atoms with van der Waals surface area (Å²) in [6.07, 6.45) is 0. The largest absolute Gasteiger partial charge is 0.434 e. The quantitative estimate of drug-likeness (QED) is 0.505. The van der Waals surface area contributed by atoms with Crippen molar-refractivity contribution in [3.05, 3.63) is 71.7 Å². The molecule has 23 heavy (non-hydrogen) atoms. The Morgan fingerprint density at radius 1 is 0.826 bits per heavy atom. The molecule has 0 N–H and O–H groups in total. The summed E-state index contributed by atoms with van der Waals surface area (Å²) in [7, 11) is 0. The minimum absolute atomic E-state index is 0.632. The maximum absolute atomic E-state index is 5.97. The second kappa shape index (κ2) is 5.82. The van der Waals surface area contributed by atoms with E-state index < -0.39 is 0 Å². The predicted molar refractivity (Wildman–Crippen MR) is 93.2 cm³/mol. The van der Waals surface area contributed by atoms with Crippen LogP contribution in [0.15, 0.2) is 70.5 Å². The first-order chi connectivity index (χ1) is 11.3. The number of aromatic nitrogens is 2. The highest BCUT2D eigenvalue weighted by Gasteiger charge is 2.16. The molecule has 2 aromatic carbocycles. The second-order valence-electron chi connectivity index (χ2n) is 5.20. The Bertz CT molecular complexity index is 926. The van der Waals surface area contributed by atoms with E-state index in [2.05, 4.69) is 17.1 Å². The van der Waals surface area contributed by atoms with Crippen LogP contribution in [-0.2, 0) is 0 Å². The second-order valence-corrected chi connectivity index (χ2v) is 6.06. The van der Waals surface area contributed by atoms with Crippen molar-refractivity contribution in [3.8, 4) is 33.5 Å². The van der Waals surface area contributed by atoms with E-state index in [1.807, 2.05) is 60.8 Å². The molecule has 4 aromatic rings. The zero-order valence-electron chi connectivity index (χ0n) is 12.6. The Hall–Kier alpha value is -2.72. The van der Waals surface area contributed by atoms with Crippen LogP contribution >= 0.6 is 11.3 Å². The van der Waals surface area contributed by atoms with Gasteiger partial charge in [0.05, 0.1) is 5.69 Å². The van der Waals surface area contributed by atoms with Crippen LogP contribution in [0.4, 0.5) is 0 Å². The number of thiazole rings is 1. The zero-order valence-corrected chi connectivity index (χ0v) is 13.4. The molecule has 2 heterocycles. The molecule has 0 amide bonds. The van der Waals surface area contributed by atoms with Gasteiger partial charge in [0.1, 0.15) is 10.7 Å². The summed E-state index contributed by atoms with van der Waals surface area (Å²) in [5, 5.41) is 3.00. The van der Waals surface area contributed by atoms with Crippen LogP contribution in [0.5, 0.6) is 0 Å². The van der Waals surface area contributed by atoms with Crippen LogP contribution in [0.3, 0.4) is 0 Å². The highest BCUT2D eigenvalue weighted by atomic mass is 32.1. The van der Waals surface area contributed by atoms with Gasteiger partial charge in [-0.3, -0.25) is 0 Å². The molecule has 0 aliphatic heterocycles. The molecule has 0 aliphatic carbocycles. The molecular weight excluding hydrogens is 304 g/mol. The van der Waals surface area contributed by atoms with Crippen molar-refractivity contribution in [3.63, 3.8) is 0 Å². The fourth-order valence-electron chi connectivity index (χ4n) is 2.43. The number of aryl methyl sites for hydroxylation is 1. The van der Waals surface area contributed by atoms with Gasteiger partial charge < -0.3 is 4.42 Å². The van der Waals surface area contributed by atoms with Gasteiger partial charge in [-0.05, 0) is 19.1 Å². The first kappa shape index (κ1) is 13.9. The summed E-state index contributed by atoms with van der Waals surface area (Å²) < 4.78 is 5.97. The fraction of sp³-hybridized carbons (Fsp3) is 0.0526. The van der Waals surface area contributed by atoms with E-state index in [9.17, 15) is 0 Å². The van der Waals surface area contributed by atoms with Crippen LogP contribution in [0.1, 0.15) is 5.69 Å². The van der Waals surface area contributed by atoms with Gasteiger partial charge in [-0.25, -0.2) is 9.97 Å². The third kappa shape index (κ3) is 2.69. The fourth-order valence-corrected chi connectivity index (χ4v) is 3.24. The average molecular weight is 318 g/mol. The molecule has 0 fully saturated rings. The molecule has 4 rings (SSSR count). The zero-order chi connectivity index (χ0) is 15.6. The molecule has 2 aromatic heterocycles. The minimum Gasteiger partial charge on any atom is -0.434 e. The Balaban J connectivity index is 1.72. The number of hydrogen-bond acceptors (Lipinski definition) is 4. The van der Waals surface area contributed by atoms with E-state index in [0.29, 0.717) is 5.89 Å². The Labute approximate surface area is 138 Å². The van der Waals surface area contributed by atoms with E-state index in [4.69, 9.17) is 9.40 Å². The number of hydrogen-bond donors (Lipinski definition) is 0. The van der Waals surface area contributed by atoms with E-state index in [1.54, 1.807) is 11.3 Å². The van der Waals surface area contributed by atoms with Gasteiger partial charge in [-0.15, -0.1) is 11.3 Å². The molecule has 4 heteroatoms. The van der Waals surface area contributed by atoms with Gasteiger partial charge in [0.15, 0.2) is 5.76 Å². The smallest absolute Gasteiger partial charge is 0.227 e.